The zero-order valence-corrected chi connectivity index (χ0v) is 39.1. The molecule has 8 N–H and O–H groups in total. The van der Waals surface area contributed by atoms with Crippen molar-refractivity contribution in [2.24, 2.45) is 10.3 Å². The van der Waals surface area contributed by atoms with Crippen molar-refractivity contribution in [2.45, 2.75) is 68.3 Å². The molecule has 0 bridgehead atoms. The van der Waals surface area contributed by atoms with Gasteiger partial charge in [-0.25, -0.2) is 28.9 Å². The zero-order valence-electron chi connectivity index (χ0n) is 35.9. The van der Waals surface area contributed by atoms with Crippen molar-refractivity contribution in [3.05, 3.63) is 75.3 Å². The summed E-state index contributed by atoms with van der Waals surface area (Å²) in [5.74, 6) is -8.65. The summed E-state index contributed by atoms with van der Waals surface area (Å²) in [6, 6.07) is 2.43. The van der Waals surface area contributed by atoms with Crippen molar-refractivity contribution in [3.8, 4) is 0 Å². The van der Waals surface area contributed by atoms with Gasteiger partial charge in [0, 0.05) is 45.5 Å². The minimum Gasteiger partial charge on any atom is -0.543 e. The van der Waals surface area contributed by atoms with Crippen LogP contribution in [0.3, 0.4) is 0 Å². The van der Waals surface area contributed by atoms with E-state index in [1.165, 1.54) is 36.4 Å². The third-order valence-corrected chi connectivity index (χ3v) is 14.2. The van der Waals surface area contributed by atoms with E-state index in [9.17, 15) is 53.7 Å². The average molecular weight is 1010 g/mol. The molecule has 7 heterocycles. The monoisotopic (exact) mass is 1010 g/mol. The number of thiazole rings is 2. The topological polar surface area (TPSA) is 360 Å². The molecule has 0 spiro atoms. The molecule has 3 aromatic heterocycles. The Bertz CT molecular complexity index is 2730. The van der Waals surface area contributed by atoms with Gasteiger partial charge < -0.3 is 61.5 Å². The molecule has 0 unspecified atom stereocenters. The number of amides is 4. The molecule has 1 saturated heterocycles. The summed E-state index contributed by atoms with van der Waals surface area (Å²) in [7, 11) is 0. The summed E-state index contributed by atoms with van der Waals surface area (Å²) >= 11 is 4.01. The first-order chi connectivity index (χ1) is 32.1. The van der Waals surface area contributed by atoms with Crippen LogP contribution in [0.25, 0.3) is 0 Å². The highest BCUT2D eigenvalue weighted by Crippen LogP contribution is 2.40. The maximum Gasteiger partial charge on any atom is 0.354 e. The third-order valence-electron chi connectivity index (χ3n) is 10.1. The second kappa shape index (κ2) is 19.6. The number of cyclic esters (lactones) is 1. The van der Waals surface area contributed by atoms with E-state index in [2.05, 4.69) is 41.5 Å². The lowest BCUT2D eigenvalue weighted by molar-refractivity contribution is -0.689. The first-order valence-corrected chi connectivity index (χ1v) is 23.7. The minimum atomic E-state index is -1.99. The van der Waals surface area contributed by atoms with Crippen LogP contribution in [-0.4, -0.2) is 136 Å². The highest BCUT2D eigenvalue weighted by Gasteiger charge is 2.53. The van der Waals surface area contributed by atoms with Gasteiger partial charge in [0.05, 0.1) is 11.7 Å². The Hall–Kier alpha value is -7.11. The maximum atomic E-state index is 14.3. The van der Waals surface area contributed by atoms with Gasteiger partial charge in [0.25, 0.3) is 23.6 Å². The van der Waals surface area contributed by atoms with Crippen molar-refractivity contribution < 1.29 is 72.7 Å². The van der Waals surface area contributed by atoms with Gasteiger partial charge in [-0.3, -0.25) is 24.1 Å². The highest BCUT2D eigenvalue weighted by molar-refractivity contribution is 8.00. The largest absolute Gasteiger partial charge is 0.543 e. The number of nitrogen functional groups attached to an aromatic ring is 1. The highest BCUT2D eigenvalue weighted by atomic mass is 32.2. The molecule has 4 atom stereocenters. The lowest BCUT2D eigenvalue weighted by Crippen LogP contribution is -2.71. The van der Waals surface area contributed by atoms with Gasteiger partial charge in [0.1, 0.15) is 46.5 Å². The van der Waals surface area contributed by atoms with E-state index in [4.69, 9.17) is 20.1 Å². The number of carbonyl (C=O) groups excluding carboxylic acids is 6. The number of fused-ring (bicyclic) bond motifs is 1. The number of nitrogens with two attached hydrogens (primary N) is 1. The van der Waals surface area contributed by atoms with Gasteiger partial charge in [0.2, 0.25) is 11.2 Å². The van der Waals surface area contributed by atoms with Crippen LogP contribution in [0.5, 0.6) is 0 Å². The van der Waals surface area contributed by atoms with Gasteiger partial charge >= 0.3 is 17.9 Å². The summed E-state index contributed by atoms with van der Waals surface area (Å²) in [5.41, 5.74) is 1.08. The van der Waals surface area contributed by atoms with Crippen LogP contribution in [0.4, 0.5) is 10.3 Å². The Morgan fingerprint density at radius 2 is 1.59 bits per heavy atom. The lowest BCUT2D eigenvalue weighted by Gasteiger charge is -2.50. The number of hydrogen-bond donors (Lipinski definition) is 7. The number of carboxylic acid groups (broad SMARTS) is 3. The normalized spacial score (nSPS) is 19.9. The van der Waals surface area contributed by atoms with E-state index >= 15 is 0 Å². The molecule has 0 aliphatic carbocycles. The number of pyridine rings is 1. The van der Waals surface area contributed by atoms with Crippen LogP contribution in [0.15, 0.2) is 74.2 Å². The number of aliphatic carboxylic acids is 3. The molecule has 358 valence electrons. The van der Waals surface area contributed by atoms with Crippen LogP contribution in [0, 0.1) is 0 Å². The van der Waals surface area contributed by atoms with Crippen molar-refractivity contribution in [1.29, 1.82) is 0 Å². The summed E-state index contributed by atoms with van der Waals surface area (Å²) in [6.45, 7) is 4.83. The molecule has 0 saturated carbocycles. The number of thioether (sulfide) groups is 2. The number of anilines is 2. The summed E-state index contributed by atoms with van der Waals surface area (Å²) in [6.07, 6.45) is 3.45. The van der Waals surface area contributed by atoms with E-state index in [0.29, 0.717) is 11.1 Å². The second-order valence-corrected chi connectivity index (χ2v) is 19.8. The van der Waals surface area contributed by atoms with E-state index in [1.54, 1.807) is 35.2 Å². The Balaban J connectivity index is 1.14. The number of carbonyl (C=O) groups is 8. The molecule has 7 rings (SSSR count). The molecule has 0 radical (unpaired) electrons. The first kappa shape index (κ1) is 48.8. The summed E-state index contributed by atoms with van der Waals surface area (Å²) < 4.78 is 6.85. The fraction of sp³-hybridized carbons (Fsp3) is 0.359. The number of ether oxygens (including phenoxy) is 1. The van der Waals surface area contributed by atoms with Crippen molar-refractivity contribution >= 4 is 115 Å². The maximum absolute atomic E-state index is 14.3. The Kier molecular flexibility index (Phi) is 14.1. The van der Waals surface area contributed by atoms with E-state index < -0.39 is 93.0 Å². The number of β-lactam (4-membered cyclic amide) rings is 1. The third kappa shape index (κ3) is 10.4. The number of aromatic nitrogens is 3. The molecule has 4 amide bonds. The Labute approximate surface area is 400 Å². The molecular weight excluding hydrogens is 975 g/mol. The molecule has 29 heteroatoms. The molecule has 0 aromatic carbocycles. The fourth-order valence-corrected chi connectivity index (χ4v) is 10.1. The van der Waals surface area contributed by atoms with Crippen LogP contribution in [0.2, 0.25) is 0 Å². The minimum absolute atomic E-state index is 0.00899. The van der Waals surface area contributed by atoms with E-state index in [0.717, 1.165) is 53.2 Å². The average Bonchev–Trinajstić information content (AvgIpc) is 4.04. The molecular formula is C39H39N11O14S4. The molecule has 1 fully saturated rings. The van der Waals surface area contributed by atoms with Gasteiger partial charge in [-0.15, -0.1) is 46.2 Å². The van der Waals surface area contributed by atoms with Gasteiger partial charge in [-0.1, -0.05) is 16.4 Å². The Morgan fingerprint density at radius 3 is 2.21 bits per heavy atom. The van der Waals surface area contributed by atoms with Crippen molar-refractivity contribution in [1.82, 2.24) is 30.8 Å². The number of carboxylic acids is 3. The molecule has 3 aromatic rings. The molecule has 4 aliphatic heterocycles. The zero-order chi connectivity index (χ0) is 49.2. The molecule has 68 heavy (non-hydrogen) atoms. The molecule has 25 nitrogen and oxygen atoms in total. The number of nitrogens with zero attached hydrogens (tertiary/aromatic N) is 6. The van der Waals surface area contributed by atoms with Crippen molar-refractivity contribution in [2.75, 3.05) is 29.2 Å². The predicted octanol–water partition coefficient (Wildman–Crippen LogP) is -1.66. The summed E-state index contributed by atoms with van der Waals surface area (Å²) in [5, 5.41) is 50.3. The van der Waals surface area contributed by atoms with Crippen LogP contribution < -0.4 is 36.7 Å². The first-order valence-electron chi connectivity index (χ1n) is 19.8. The number of nitrogens with one attached hydrogen (secondary N) is 4. The number of esters is 1. The van der Waals surface area contributed by atoms with Gasteiger partial charge in [-0.05, 0) is 27.7 Å². The number of rotatable bonds is 18. The SMILES string of the molecule is CC(C)(O/N=C(\C(=O)N[C@H](C(=O)Nc1nc(/C(=N/OC(C)(C)C(=O)O)C(=O)N[C@@H]2C(=O)N3C(C(=O)[O-])=C(C[n+]4ccccc4)CS[C@H]23)cs1)[C@@H]1NC2=C(COC2=O)CS1)c1csc(N)n1)C(=O)O. The lowest BCUT2D eigenvalue weighted by atomic mass is 10.0. The van der Waals surface area contributed by atoms with Crippen LogP contribution >= 0.6 is 46.2 Å². The molecule has 4 aliphatic rings. The quantitative estimate of drug-likeness (QED) is 0.0246. The second-order valence-electron chi connectivity index (χ2n) is 15.8. The number of oxime groups is 2. The van der Waals surface area contributed by atoms with Crippen LogP contribution in [-0.2, 0) is 59.3 Å². The predicted molar refractivity (Wildman–Crippen MR) is 239 cm³/mol. The Morgan fingerprint density at radius 1 is 0.956 bits per heavy atom. The van der Waals surface area contributed by atoms with E-state index in [-0.39, 0.29) is 57.7 Å². The van der Waals surface area contributed by atoms with Crippen molar-refractivity contribution in [3.63, 3.8) is 0 Å². The van der Waals surface area contributed by atoms with Gasteiger partial charge in [0.15, 0.2) is 40.6 Å². The van der Waals surface area contributed by atoms with Crippen LogP contribution in [0.1, 0.15) is 39.1 Å². The fourth-order valence-electron chi connectivity index (χ4n) is 6.35. The smallest absolute Gasteiger partial charge is 0.354 e. The van der Waals surface area contributed by atoms with E-state index in [1.807, 2.05) is 0 Å². The number of hydrogen-bond acceptors (Lipinski definition) is 22. The summed E-state index contributed by atoms with van der Waals surface area (Å²) in [4.78, 5) is 124. The standard InChI is InChI=1S/C39H39N11O14S4/c1-38(2,34(58)59)63-47-21(18-14-67-36(40)41-18)26(51)43-23(29-45-20-17(13-65-29)11-62-33(20)57)28(53)46-37-42-19(15-68-37)22(48-64-39(3,4)35(60)61)27(52)44-24-30(54)50-25(32(55)56)16(12-66-31(24)50)10-49-8-6-5-7-9-49/h5-9,14-15,23-24,29,31,45H,10-13H2,1-4H3,(H7-,40,41,42,43,44,46,51,52,53,55,56,58,59,60,61)/b47-21-,48-22-/t23-,24-,29-,31-/m1/s1. The van der Waals surface area contributed by atoms with Gasteiger partial charge in [-0.2, -0.15) is 0 Å².